The normalized spacial score (nSPS) is 13.2. The second-order valence-corrected chi connectivity index (χ2v) is 7.16. The Balaban J connectivity index is 1.63. The smallest absolute Gasteiger partial charge is 0.297 e. The number of carbonyl (C=O) groups excluding carboxylic acids is 2. The molecule has 3 aromatic rings. The minimum absolute atomic E-state index is 0.341. The molecule has 1 aliphatic carbocycles. The molecule has 5 nitrogen and oxygen atoms in total. The third-order valence-corrected chi connectivity index (χ3v) is 5.76. The van der Waals surface area contributed by atoms with E-state index < -0.39 is 11.7 Å². The number of nitrogens with zero attached hydrogens (tertiary/aromatic N) is 1. The number of para-hydroxylation sites is 1. The lowest BCUT2D eigenvalue weighted by Gasteiger charge is -2.09. The van der Waals surface area contributed by atoms with Gasteiger partial charge in [-0.1, -0.05) is 18.2 Å². The number of nitriles is 1. The number of aromatic amines is 1. The number of carbonyl (C=O) groups is 2. The van der Waals surface area contributed by atoms with Gasteiger partial charge < -0.3 is 10.3 Å². The molecule has 2 heterocycles. The van der Waals surface area contributed by atoms with E-state index in [2.05, 4.69) is 16.4 Å². The van der Waals surface area contributed by atoms with Crippen LogP contribution < -0.4 is 5.32 Å². The number of hydrogen-bond acceptors (Lipinski definition) is 4. The Labute approximate surface area is 148 Å². The van der Waals surface area contributed by atoms with Crippen LogP contribution in [0.4, 0.5) is 5.00 Å². The van der Waals surface area contributed by atoms with Crippen molar-refractivity contribution < 1.29 is 9.59 Å². The van der Waals surface area contributed by atoms with E-state index in [9.17, 15) is 14.9 Å². The highest BCUT2D eigenvalue weighted by Crippen LogP contribution is 2.37. The van der Waals surface area contributed by atoms with E-state index in [0.717, 1.165) is 41.6 Å². The van der Waals surface area contributed by atoms with E-state index in [4.69, 9.17) is 0 Å². The molecule has 0 spiro atoms. The number of amides is 1. The molecule has 1 amide bonds. The zero-order valence-corrected chi connectivity index (χ0v) is 14.2. The Morgan fingerprint density at radius 3 is 2.84 bits per heavy atom. The zero-order valence-electron chi connectivity index (χ0n) is 13.4. The summed E-state index contributed by atoms with van der Waals surface area (Å²) < 4.78 is 0. The molecule has 0 saturated heterocycles. The maximum Gasteiger partial charge on any atom is 0.297 e. The highest BCUT2D eigenvalue weighted by molar-refractivity contribution is 7.16. The molecule has 0 atom stereocenters. The number of anilines is 1. The van der Waals surface area contributed by atoms with E-state index in [1.807, 2.05) is 18.2 Å². The summed E-state index contributed by atoms with van der Waals surface area (Å²) in [6.07, 6.45) is 5.50. The van der Waals surface area contributed by atoms with Crippen LogP contribution >= 0.6 is 11.3 Å². The lowest BCUT2D eigenvalue weighted by atomic mass is 9.96. The predicted molar refractivity (Wildman–Crippen MR) is 96.9 cm³/mol. The SMILES string of the molecule is N#Cc1c(NC(=O)C(=O)c2c[nH]c3ccccc23)sc2c1CCCC2. The van der Waals surface area contributed by atoms with Crippen LogP contribution in [-0.2, 0) is 17.6 Å². The van der Waals surface area contributed by atoms with Gasteiger partial charge in [-0.3, -0.25) is 9.59 Å². The second-order valence-electron chi connectivity index (χ2n) is 6.06. The van der Waals surface area contributed by atoms with Crippen molar-refractivity contribution in [2.75, 3.05) is 5.32 Å². The van der Waals surface area contributed by atoms with Crippen molar-refractivity contribution in [2.24, 2.45) is 0 Å². The minimum atomic E-state index is -0.708. The Bertz CT molecular complexity index is 1040. The number of nitrogens with one attached hydrogen (secondary N) is 2. The first-order chi connectivity index (χ1) is 12.2. The molecule has 0 bridgehead atoms. The van der Waals surface area contributed by atoms with Crippen LogP contribution in [-0.4, -0.2) is 16.7 Å². The highest BCUT2D eigenvalue weighted by atomic mass is 32.1. The minimum Gasteiger partial charge on any atom is -0.360 e. The summed E-state index contributed by atoms with van der Waals surface area (Å²) in [4.78, 5) is 29.2. The van der Waals surface area contributed by atoms with Crippen molar-refractivity contribution in [1.82, 2.24) is 4.98 Å². The molecule has 0 unspecified atom stereocenters. The van der Waals surface area contributed by atoms with Gasteiger partial charge in [-0.15, -0.1) is 11.3 Å². The molecule has 0 radical (unpaired) electrons. The third kappa shape index (κ3) is 2.63. The van der Waals surface area contributed by atoms with Gasteiger partial charge in [0.1, 0.15) is 11.1 Å². The number of hydrogen-bond donors (Lipinski definition) is 2. The fourth-order valence-electron chi connectivity index (χ4n) is 3.31. The first kappa shape index (κ1) is 15.6. The quantitative estimate of drug-likeness (QED) is 0.557. The van der Waals surface area contributed by atoms with Crippen molar-refractivity contribution >= 4 is 38.9 Å². The monoisotopic (exact) mass is 349 g/mol. The van der Waals surface area contributed by atoms with Gasteiger partial charge >= 0.3 is 0 Å². The number of aryl methyl sites for hydroxylation is 1. The van der Waals surface area contributed by atoms with Crippen LogP contribution in [0.15, 0.2) is 30.5 Å². The maximum absolute atomic E-state index is 12.6. The summed E-state index contributed by atoms with van der Waals surface area (Å²) in [5.41, 5.74) is 2.70. The molecule has 124 valence electrons. The van der Waals surface area contributed by atoms with Crippen LogP contribution in [0.3, 0.4) is 0 Å². The summed E-state index contributed by atoms with van der Waals surface area (Å²) in [6.45, 7) is 0. The predicted octanol–water partition coefficient (Wildman–Crippen LogP) is 3.80. The van der Waals surface area contributed by atoms with E-state index in [1.165, 1.54) is 11.3 Å². The molecule has 4 rings (SSSR count). The van der Waals surface area contributed by atoms with Gasteiger partial charge in [0.05, 0.1) is 11.1 Å². The van der Waals surface area contributed by atoms with Gasteiger partial charge in [0, 0.05) is 22.0 Å². The first-order valence-corrected chi connectivity index (χ1v) is 8.97. The molecule has 25 heavy (non-hydrogen) atoms. The lowest BCUT2D eigenvalue weighted by molar-refractivity contribution is -0.112. The molecule has 0 aliphatic heterocycles. The summed E-state index contributed by atoms with van der Waals surface area (Å²) in [6, 6.07) is 9.53. The van der Waals surface area contributed by atoms with Crippen LogP contribution in [0.5, 0.6) is 0 Å². The van der Waals surface area contributed by atoms with Crippen LogP contribution in [0, 0.1) is 11.3 Å². The van der Waals surface area contributed by atoms with Crippen molar-refractivity contribution in [1.29, 1.82) is 5.26 Å². The number of fused-ring (bicyclic) bond motifs is 2. The van der Waals surface area contributed by atoms with E-state index >= 15 is 0 Å². The fourth-order valence-corrected chi connectivity index (χ4v) is 4.55. The molecular weight excluding hydrogens is 334 g/mol. The number of aromatic nitrogens is 1. The van der Waals surface area contributed by atoms with Crippen molar-refractivity contribution in [2.45, 2.75) is 25.7 Å². The number of H-pyrrole nitrogens is 1. The average molecular weight is 349 g/mol. The van der Waals surface area contributed by atoms with Gasteiger partial charge in [0.25, 0.3) is 11.7 Å². The number of benzene rings is 1. The number of Topliss-reactive ketones (excluding diaryl/α,β-unsaturated/α-hetero) is 1. The van der Waals surface area contributed by atoms with Crippen LogP contribution in [0.2, 0.25) is 0 Å². The van der Waals surface area contributed by atoms with Gasteiger partial charge in [-0.2, -0.15) is 5.26 Å². The van der Waals surface area contributed by atoms with Gasteiger partial charge in [-0.05, 0) is 37.3 Å². The van der Waals surface area contributed by atoms with Crippen molar-refractivity contribution in [3.63, 3.8) is 0 Å². The highest BCUT2D eigenvalue weighted by Gasteiger charge is 2.25. The largest absolute Gasteiger partial charge is 0.360 e. The Hall–Kier alpha value is -2.91. The van der Waals surface area contributed by atoms with Crippen molar-refractivity contribution in [3.05, 3.63) is 52.0 Å². The molecule has 2 aromatic heterocycles. The van der Waals surface area contributed by atoms with Crippen LogP contribution in [0.1, 0.15) is 39.2 Å². The van der Waals surface area contributed by atoms with E-state index in [1.54, 1.807) is 12.3 Å². The number of rotatable bonds is 3. The van der Waals surface area contributed by atoms with Gasteiger partial charge in [0.15, 0.2) is 0 Å². The third-order valence-electron chi connectivity index (χ3n) is 4.55. The van der Waals surface area contributed by atoms with Crippen LogP contribution in [0.25, 0.3) is 10.9 Å². The van der Waals surface area contributed by atoms with E-state index in [-0.39, 0.29) is 0 Å². The Morgan fingerprint density at radius 1 is 1.20 bits per heavy atom. The Kier molecular flexibility index (Phi) is 3.86. The molecule has 2 N–H and O–H groups in total. The first-order valence-electron chi connectivity index (χ1n) is 8.15. The molecule has 6 heteroatoms. The molecule has 0 fully saturated rings. The van der Waals surface area contributed by atoms with Gasteiger partial charge in [-0.25, -0.2) is 0 Å². The average Bonchev–Trinajstić information content (AvgIpc) is 3.21. The molecule has 0 saturated carbocycles. The van der Waals surface area contributed by atoms with Crippen molar-refractivity contribution in [3.8, 4) is 6.07 Å². The zero-order chi connectivity index (χ0) is 17.4. The van der Waals surface area contributed by atoms with Gasteiger partial charge in [0.2, 0.25) is 0 Å². The number of thiophene rings is 1. The second kappa shape index (κ2) is 6.19. The number of ketones is 1. The summed E-state index contributed by atoms with van der Waals surface area (Å²) in [5.74, 6) is -1.31. The fraction of sp³-hybridized carbons (Fsp3) is 0.211. The lowest BCUT2D eigenvalue weighted by Crippen LogP contribution is -2.22. The summed E-state index contributed by atoms with van der Waals surface area (Å²) >= 11 is 1.42. The molecular formula is C19H15N3O2S. The molecule has 1 aromatic carbocycles. The van der Waals surface area contributed by atoms with E-state index in [0.29, 0.717) is 21.5 Å². The Morgan fingerprint density at radius 2 is 2.00 bits per heavy atom. The maximum atomic E-state index is 12.6. The topological polar surface area (TPSA) is 85.8 Å². The summed E-state index contributed by atoms with van der Waals surface area (Å²) in [7, 11) is 0. The molecule has 1 aliphatic rings. The standard InChI is InChI=1S/C19H15N3O2S/c20-9-13-12-6-2-4-8-16(12)25-19(13)22-18(24)17(23)14-10-21-15-7-3-1-5-11(14)15/h1,3,5,7,10,21H,2,4,6,8H2,(H,22,24). The summed E-state index contributed by atoms with van der Waals surface area (Å²) in [5, 5.41) is 13.3.